The molecule has 1 aliphatic heterocycles. The maximum absolute atomic E-state index is 13.7. The summed E-state index contributed by atoms with van der Waals surface area (Å²) < 4.78 is 18.7. The molecule has 0 amide bonds. The second kappa shape index (κ2) is 4.29. The summed E-state index contributed by atoms with van der Waals surface area (Å²) >= 11 is 0. The highest BCUT2D eigenvalue weighted by Crippen LogP contribution is 2.33. The molecule has 1 fully saturated rings. The summed E-state index contributed by atoms with van der Waals surface area (Å²) in [5.74, 6) is -0.102. The van der Waals surface area contributed by atoms with Gasteiger partial charge in [0.1, 0.15) is 5.82 Å². The van der Waals surface area contributed by atoms with Gasteiger partial charge in [-0.3, -0.25) is 0 Å². The monoisotopic (exact) mass is 209 g/mol. The van der Waals surface area contributed by atoms with E-state index in [1.807, 2.05) is 12.1 Å². The van der Waals surface area contributed by atoms with Crippen molar-refractivity contribution in [3.05, 3.63) is 35.6 Å². The third-order valence-electron chi connectivity index (χ3n) is 3.16. The van der Waals surface area contributed by atoms with Crippen LogP contribution in [0.25, 0.3) is 0 Å². The van der Waals surface area contributed by atoms with Gasteiger partial charge in [-0.15, -0.1) is 0 Å². The van der Waals surface area contributed by atoms with Crippen LogP contribution in [0.2, 0.25) is 0 Å². The molecule has 1 N–H and O–H groups in total. The van der Waals surface area contributed by atoms with Crippen molar-refractivity contribution in [1.82, 2.24) is 5.32 Å². The van der Waals surface area contributed by atoms with Gasteiger partial charge in [-0.25, -0.2) is 4.39 Å². The third kappa shape index (κ3) is 1.90. The standard InChI is InChI=1S/C12H16FNO/c1-15-7-6-12(8-14-9-12)10-4-2-3-5-11(10)13/h2-5,14H,6-9H2,1H3. The average molecular weight is 209 g/mol. The van der Waals surface area contributed by atoms with Crippen molar-refractivity contribution in [2.75, 3.05) is 26.8 Å². The van der Waals surface area contributed by atoms with E-state index in [4.69, 9.17) is 4.74 Å². The van der Waals surface area contributed by atoms with Gasteiger partial charge in [-0.1, -0.05) is 18.2 Å². The van der Waals surface area contributed by atoms with Gasteiger partial charge in [0.25, 0.3) is 0 Å². The maximum atomic E-state index is 13.7. The number of halogens is 1. The molecule has 0 atom stereocenters. The number of nitrogens with one attached hydrogen (secondary N) is 1. The summed E-state index contributed by atoms with van der Waals surface area (Å²) in [6.45, 7) is 2.37. The molecule has 1 heterocycles. The predicted octanol–water partition coefficient (Wildman–Crippen LogP) is 1.70. The van der Waals surface area contributed by atoms with Crippen LogP contribution in [-0.2, 0) is 10.2 Å². The second-order valence-electron chi connectivity index (χ2n) is 4.11. The molecule has 1 saturated heterocycles. The summed E-state index contributed by atoms with van der Waals surface area (Å²) in [5, 5.41) is 3.21. The largest absolute Gasteiger partial charge is 0.385 e. The van der Waals surface area contributed by atoms with E-state index in [1.54, 1.807) is 13.2 Å². The smallest absolute Gasteiger partial charge is 0.127 e. The lowest BCUT2D eigenvalue weighted by Crippen LogP contribution is -2.57. The van der Waals surface area contributed by atoms with Crippen LogP contribution >= 0.6 is 0 Å². The quantitative estimate of drug-likeness (QED) is 0.815. The van der Waals surface area contributed by atoms with Crippen molar-refractivity contribution in [3.63, 3.8) is 0 Å². The summed E-state index contributed by atoms with van der Waals surface area (Å²) in [6.07, 6.45) is 0.872. The number of hydrogen-bond donors (Lipinski definition) is 1. The molecule has 2 nitrogen and oxygen atoms in total. The molecule has 1 aromatic rings. The minimum atomic E-state index is -0.102. The molecule has 3 heteroatoms. The van der Waals surface area contributed by atoms with Crippen LogP contribution in [0.4, 0.5) is 4.39 Å². The molecule has 0 radical (unpaired) electrons. The van der Waals surface area contributed by atoms with Crippen LogP contribution in [0.15, 0.2) is 24.3 Å². The summed E-state index contributed by atoms with van der Waals surface area (Å²) in [4.78, 5) is 0. The number of ether oxygens (including phenoxy) is 1. The van der Waals surface area contributed by atoms with E-state index in [0.717, 1.165) is 25.1 Å². The first-order chi connectivity index (χ1) is 7.28. The Kier molecular flexibility index (Phi) is 3.03. The fourth-order valence-electron chi connectivity index (χ4n) is 2.12. The molecule has 2 rings (SSSR count). The van der Waals surface area contributed by atoms with Gasteiger partial charge < -0.3 is 10.1 Å². The molecule has 0 saturated carbocycles. The average Bonchev–Trinajstić information content (AvgIpc) is 2.19. The van der Waals surface area contributed by atoms with Crippen molar-refractivity contribution in [2.45, 2.75) is 11.8 Å². The number of hydrogen-bond acceptors (Lipinski definition) is 2. The van der Waals surface area contributed by atoms with Crippen LogP contribution in [0.3, 0.4) is 0 Å². The topological polar surface area (TPSA) is 21.3 Å². The van der Waals surface area contributed by atoms with Crippen LogP contribution in [-0.4, -0.2) is 26.8 Å². The number of rotatable bonds is 4. The SMILES string of the molecule is COCCC1(c2ccccc2F)CNC1. The zero-order chi connectivity index (χ0) is 10.7. The van der Waals surface area contributed by atoms with Gasteiger partial charge in [0.15, 0.2) is 0 Å². The Bertz CT molecular complexity index is 336. The molecule has 0 unspecified atom stereocenters. The Labute approximate surface area is 89.4 Å². The van der Waals surface area contributed by atoms with Crippen molar-refractivity contribution < 1.29 is 9.13 Å². The first-order valence-electron chi connectivity index (χ1n) is 5.23. The molecule has 0 aliphatic carbocycles. The van der Waals surface area contributed by atoms with Gasteiger partial charge in [0, 0.05) is 32.2 Å². The first kappa shape index (κ1) is 10.6. The fourth-order valence-corrected chi connectivity index (χ4v) is 2.12. The summed E-state index contributed by atoms with van der Waals surface area (Å²) in [7, 11) is 1.68. The highest BCUT2D eigenvalue weighted by molar-refractivity contribution is 5.31. The van der Waals surface area contributed by atoms with Crippen molar-refractivity contribution >= 4 is 0 Å². The molecule has 1 aliphatic rings. The molecule has 0 spiro atoms. The van der Waals surface area contributed by atoms with Crippen LogP contribution in [0.1, 0.15) is 12.0 Å². The molecule has 15 heavy (non-hydrogen) atoms. The number of methoxy groups -OCH3 is 1. The fraction of sp³-hybridized carbons (Fsp3) is 0.500. The lowest BCUT2D eigenvalue weighted by molar-refractivity contribution is 0.140. The normalized spacial score (nSPS) is 18.5. The van der Waals surface area contributed by atoms with Crippen molar-refractivity contribution in [3.8, 4) is 0 Å². The zero-order valence-corrected chi connectivity index (χ0v) is 8.92. The molecule has 1 aromatic carbocycles. The summed E-state index contributed by atoms with van der Waals surface area (Å²) in [6, 6.07) is 7.04. The Balaban J connectivity index is 2.22. The lowest BCUT2D eigenvalue weighted by Gasteiger charge is -2.43. The molecular weight excluding hydrogens is 193 g/mol. The highest BCUT2D eigenvalue weighted by atomic mass is 19.1. The summed E-state index contributed by atoms with van der Waals surface area (Å²) in [5.41, 5.74) is 0.766. The molecule has 82 valence electrons. The van der Waals surface area contributed by atoms with E-state index < -0.39 is 0 Å². The predicted molar refractivity (Wildman–Crippen MR) is 57.4 cm³/mol. The maximum Gasteiger partial charge on any atom is 0.127 e. The lowest BCUT2D eigenvalue weighted by atomic mass is 9.72. The van der Waals surface area contributed by atoms with E-state index in [0.29, 0.717) is 6.61 Å². The molecule has 0 bridgehead atoms. The van der Waals surface area contributed by atoms with Crippen LogP contribution in [0, 0.1) is 5.82 Å². The Morgan fingerprint density at radius 3 is 2.67 bits per heavy atom. The van der Waals surface area contributed by atoms with Gasteiger partial charge in [0.05, 0.1) is 0 Å². The number of benzene rings is 1. The van der Waals surface area contributed by atoms with E-state index in [9.17, 15) is 4.39 Å². The Morgan fingerprint density at radius 1 is 1.40 bits per heavy atom. The first-order valence-corrected chi connectivity index (χ1v) is 5.23. The van der Waals surface area contributed by atoms with Crippen LogP contribution in [0.5, 0.6) is 0 Å². The zero-order valence-electron chi connectivity index (χ0n) is 8.92. The van der Waals surface area contributed by atoms with Crippen molar-refractivity contribution in [2.24, 2.45) is 0 Å². The van der Waals surface area contributed by atoms with E-state index in [1.165, 1.54) is 6.07 Å². The molecular formula is C12H16FNO. The Hall–Kier alpha value is -0.930. The van der Waals surface area contributed by atoms with Gasteiger partial charge in [-0.2, -0.15) is 0 Å². The Morgan fingerprint density at radius 2 is 2.13 bits per heavy atom. The van der Waals surface area contributed by atoms with Gasteiger partial charge >= 0.3 is 0 Å². The second-order valence-corrected chi connectivity index (χ2v) is 4.11. The van der Waals surface area contributed by atoms with Gasteiger partial charge in [-0.05, 0) is 18.1 Å². The van der Waals surface area contributed by atoms with E-state index >= 15 is 0 Å². The minimum absolute atomic E-state index is 0.0542. The van der Waals surface area contributed by atoms with Crippen molar-refractivity contribution in [1.29, 1.82) is 0 Å². The van der Waals surface area contributed by atoms with E-state index in [-0.39, 0.29) is 11.2 Å². The van der Waals surface area contributed by atoms with Gasteiger partial charge in [0.2, 0.25) is 0 Å². The minimum Gasteiger partial charge on any atom is -0.385 e. The van der Waals surface area contributed by atoms with E-state index in [2.05, 4.69) is 5.32 Å². The third-order valence-corrected chi connectivity index (χ3v) is 3.16. The van der Waals surface area contributed by atoms with Crippen LogP contribution < -0.4 is 5.32 Å². The molecule has 0 aromatic heterocycles. The highest BCUT2D eigenvalue weighted by Gasteiger charge is 2.39.